The van der Waals surface area contributed by atoms with Gasteiger partial charge in [-0.2, -0.15) is 0 Å². The Hall–Kier alpha value is -1.85. The Kier molecular flexibility index (Phi) is 4.88. The fraction of sp³-hybridized carbons (Fsp3) is 0.188. The summed E-state index contributed by atoms with van der Waals surface area (Å²) in [5.74, 6) is 0. The predicted molar refractivity (Wildman–Crippen MR) is 87.7 cm³/mol. The lowest BCUT2D eigenvalue weighted by atomic mass is 10.1. The van der Waals surface area contributed by atoms with Gasteiger partial charge >= 0.3 is 0 Å². The van der Waals surface area contributed by atoms with Crippen LogP contribution in [0.2, 0.25) is 0 Å². The topological polar surface area (TPSA) is 54.5 Å². The monoisotopic (exact) mass is 337 g/mol. The lowest BCUT2D eigenvalue weighted by Crippen LogP contribution is -2.34. The molecule has 4 nitrogen and oxygen atoms in total. The second-order valence-corrected chi connectivity index (χ2v) is 7.31. The molecule has 2 rings (SSSR count). The zero-order chi connectivity index (χ0) is 16.3. The Morgan fingerprint density at radius 1 is 1.05 bits per heavy atom. The van der Waals surface area contributed by atoms with Gasteiger partial charge in [-0.25, -0.2) is 8.42 Å². The standard InChI is InChI=1S/C16H16ClNO3S/c1-12-8-13(2)10-14(9-12)18(11-16(17)19)22(20,21)15-6-4-3-5-7-15/h3-10H,11H2,1-2H3. The molecule has 116 valence electrons. The summed E-state index contributed by atoms with van der Waals surface area (Å²) in [6.07, 6.45) is 0. The van der Waals surface area contributed by atoms with Gasteiger partial charge in [0, 0.05) is 0 Å². The minimum Gasteiger partial charge on any atom is -0.279 e. The zero-order valence-electron chi connectivity index (χ0n) is 12.3. The van der Waals surface area contributed by atoms with E-state index >= 15 is 0 Å². The fourth-order valence-electron chi connectivity index (χ4n) is 2.24. The number of rotatable bonds is 5. The molecule has 0 spiro atoms. The molecule has 22 heavy (non-hydrogen) atoms. The average molecular weight is 338 g/mol. The van der Waals surface area contributed by atoms with Gasteiger partial charge < -0.3 is 0 Å². The highest BCUT2D eigenvalue weighted by molar-refractivity contribution is 7.92. The molecule has 0 N–H and O–H groups in total. The maximum absolute atomic E-state index is 12.8. The lowest BCUT2D eigenvalue weighted by molar-refractivity contribution is -0.110. The number of carbonyl (C=O) groups excluding carboxylic acids is 1. The predicted octanol–water partition coefficient (Wildman–Crippen LogP) is 3.26. The van der Waals surface area contributed by atoms with Crippen molar-refractivity contribution in [2.45, 2.75) is 18.7 Å². The second-order valence-electron chi connectivity index (χ2n) is 5.03. The molecule has 0 aliphatic rings. The van der Waals surface area contributed by atoms with Crippen LogP contribution < -0.4 is 4.31 Å². The van der Waals surface area contributed by atoms with Crippen LogP contribution in [0.3, 0.4) is 0 Å². The Labute approximate surface area is 135 Å². The molecule has 6 heteroatoms. The van der Waals surface area contributed by atoms with Crippen molar-refractivity contribution in [2.75, 3.05) is 10.8 Å². The van der Waals surface area contributed by atoms with Crippen LogP contribution >= 0.6 is 11.6 Å². The molecule has 0 aliphatic carbocycles. The van der Waals surface area contributed by atoms with E-state index < -0.39 is 21.8 Å². The van der Waals surface area contributed by atoms with E-state index in [-0.39, 0.29) is 4.90 Å². The van der Waals surface area contributed by atoms with E-state index in [1.165, 1.54) is 12.1 Å². The summed E-state index contributed by atoms with van der Waals surface area (Å²) in [4.78, 5) is 11.5. The number of halogens is 1. The summed E-state index contributed by atoms with van der Waals surface area (Å²) >= 11 is 5.45. The van der Waals surface area contributed by atoms with Crippen LogP contribution in [0.1, 0.15) is 11.1 Å². The number of anilines is 1. The molecule has 0 atom stereocenters. The molecule has 0 aliphatic heterocycles. The van der Waals surface area contributed by atoms with Crippen LogP contribution in [-0.2, 0) is 14.8 Å². The van der Waals surface area contributed by atoms with Gasteiger partial charge in [0.2, 0.25) is 5.24 Å². The van der Waals surface area contributed by atoms with Crippen molar-refractivity contribution in [3.63, 3.8) is 0 Å². The van der Waals surface area contributed by atoms with E-state index in [1.807, 2.05) is 19.9 Å². The number of carbonyl (C=O) groups is 1. The third-order valence-corrected chi connectivity index (χ3v) is 5.00. The van der Waals surface area contributed by atoms with Crippen molar-refractivity contribution in [1.82, 2.24) is 0 Å². The van der Waals surface area contributed by atoms with Crippen LogP contribution in [0.5, 0.6) is 0 Å². The smallest absolute Gasteiger partial charge is 0.264 e. The first kappa shape index (κ1) is 16.5. The van der Waals surface area contributed by atoms with Crippen LogP contribution in [-0.4, -0.2) is 20.2 Å². The molecule has 0 radical (unpaired) electrons. The Morgan fingerprint density at radius 3 is 2.09 bits per heavy atom. The van der Waals surface area contributed by atoms with E-state index in [0.29, 0.717) is 5.69 Å². The Bertz CT molecular complexity index is 768. The number of hydrogen-bond acceptors (Lipinski definition) is 3. The lowest BCUT2D eigenvalue weighted by Gasteiger charge is -2.23. The van der Waals surface area contributed by atoms with Crippen LogP contribution in [0, 0.1) is 13.8 Å². The normalized spacial score (nSPS) is 11.2. The molecule has 0 saturated carbocycles. The van der Waals surface area contributed by atoms with Crippen molar-refractivity contribution in [3.8, 4) is 0 Å². The molecule has 0 unspecified atom stereocenters. The maximum atomic E-state index is 12.8. The molecule has 2 aromatic rings. The van der Waals surface area contributed by atoms with Gasteiger partial charge in [0.15, 0.2) is 0 Å². The van der Waals surface area contributed by atoms with Gasteiger partial charge in [-0.3, -0.25) is 9.10 Å². The summed E-state index contributed by atoms with van der Waals surface area (Å²) in [6, 6.07) is 13.3. The van der Waals surface area contributed by atoms with Gasteiger partial charge in [0.05, 0.1) is 10.6 Å². The molecular formula is C16H16ClNO3S. The first-order valence-corrected chi connectivity index (χ1v) is 8.47. The highest BCUT2D eigenvalue weighted by Gasteiger charge is 2.26. The van der Waals surface area contributed by atoms with E-state index in [1.54, 1.807) is 30.3 Å². The number of nitrogens with zero attached hydrogens (tertiary/aromatic N) is 1. The molecule has 0 bridgehead atoms. The summed E-state index contributed by atoms with van der Waals surface area (Å²) in [6.45, 7) is 3.32. The highest BCUT2D eigenvalue weighted by Crippen LogP contribution is 2.25. The highest BCUT2D eigenvalue weighted by atomic mass is 35.5. The molecular weight excluding hydrogens is 322 g/mol. The Morgan fingerprint density at radius 2 is 1.59 bits per heavy atom. The number of benzene rings is 2. The number of aryl methyl sites for hydroxylation is 2. The maximum Gasteiger partial charge on any atom is 0.264 e. The van der Waals surface area contributed by atoms with Crippen molar-refractivity contribution < 1.29 is 13.2 Å². The van der Waals surface area contributed by atoms with Gasteiger partial charge in [0.1, 0.15) is 6.54 Å². The van der Waals surface area contributed by atoms with Crippen molar-refractivity contribution in [2.24, 2.45) is 0 Å². The fourth-order valence-corrected chi connectivity index (χ4v) is 3.86. The average Bonchev–Trinajstić information content (AvgIpc) is 2.44. The van der Waals surface area contributed by atoms with E-state index in [9.17, 15) is 13.2 Å². The van der Waals surface area contributed by atoms with Crippen LogP contribution in [0.4, 0.5) is 5.69 Å². The first-order chi connectivity index (χ1) is 10.3. The minimum absolute atomic E-state index is 0.118. The summed E-state index contributed by atoms with van der Waals surface area (Å²) in [5.41, 5.74) is 2.24. The van der Waals surface area contributed by atoms with Gasteiger partial charge in [-0.05, 0) is 60.8 Å². The summed E-state index contributed by atoms with van der Waals surface area (Å²) in [5, 5.41) is -0.737. The molecule has 0 heterocycles. The van der Waals surface area contributed by atoms with Gasteiger partial charge in [0.25, 0.3) is 10.0 Å². The molecule has 2 aromatic carbocycles. The number of hydrogen-bond donors (Lipinski definition) is 0. The van der Waals surface area contributed by atoms with E-state index in [0.717, 1.165) is 15.4 Å². The third-order valence-electron chi connectivity index (χ3n) is 3.09. The van der Waals surface area contributed by atoms with Gasteiger partial charge in [-0.1, -0.05) is 24.3 Å². The molecule has 0 fully saturated rings. The van der Waals surface area contributed by atoms with Crippen molar-refractivity contribution >= 4 is 32.6 Å². The summed E-state index contributed by atoms with van der Waals surface area (Å²) < 4.78 is 26.7. The summed E-state index contributed by atoms with van der Waals surface area (Å²) in [7, 11) is -3.85. The van der Waals surface area contributed by atoms with Crippen LogP contribution in [0.25, 0.3) is 0 Å². The third kappa shape index (κ3) is 3.67. The van der Waals surface area contributed by atoms with Crippen molar-refractivity contribution in [3.05, 3.63) is 59.7 Å². The Balaban J connectivity index is 2.58. The minimum atomic E-state index is -3.85. The number of sulfonamides is 1. The molecule has 0 saturated heterocycles. The second kappa shape index (κ2) is 6.50. The quantitative estimate of drug-likeness (QED) is 0.787. The van der Waals surface area contributed by atoms with E-state index in [4.69, 9.17) is 11.6 Å². The largest absolute Gasteiger partial charge is 0.279 e. The molecule has 0 amide bonds. The SMILES string of the molecule is Cc1cc(C)cc(N(CC(=O)Cl)S(=O)(=O)c2ccccc2)c1. The first-order valence-electron chi connectivity index (χ1n) is 6.65. The zero-order valence-corrected chi connectivity index (χ0v) is 13.9. The van der Waals surface area contributed by atoms with Crippen molar-refractivity contribution in [1.29, 1.82) is 0 Å². The van der Waals surface area contributed by atoms with Crippen LogP contribution in [0.15, 0.2) is 53.4 Å². The molecule has 0 aromatic heterocycles. The van der Waals surface area contributed by atoms with Gasteiger partial charge in [-0.15, -0.1) is 0 Å². The van der Waals surface area contributed by atoms with E-state index in [2.05, 4.69) is 0 Å².